The van der Waals surface area contributed by atoms with Crippen molar-refractivity contribution in [2.75, 3.05) is 24.6 Å². The van der Waals surface area contributed by atoms with Gasteiger partial charge in [0.25, 0.3) is 11.1 Å². The average Bonchev–Trinajstić information content (AvgIpc) is 3.35. The van der Waals surface area contributed by atoms with Crippen molar-refractivity contribution < 1.29 is 22.8 Å². The van der Waals surface area contributed by atoms with Crippen LogP contribution in [0.15, 0.2) is 47.5 Å². The molecule has 1 aromatic heterocycles. The normalized spacial score (nSPS) is 20.2. The molecule has 12 heteroatoms. The lowest BCUT2D eigenvalue weighted by Crippen LogP contribution is -2.47. The van der Waals surface area contributed by atoms with Crippen molar-refractivity contribution in [2.45, 2.75) is 18.8 Å². The van der Waals surface area contributed by atoms with E-state index in [4.69, 9.17) is 11.6 Å². The molecule has 0 bridgehead atoms. The third-order valence-corrected chi connectivity index (χ3v) is 8.21. The topological polar surface area (TPSA) is 67.2 Å². The van der Waals surface area contributed by atoms with Gasteiger partial charge in [-0.2, -0.15) is 30.0 Å². The second kappa shape index (κ2) is 10.1. The molecular weight excluding hydrogens is 533 g/mol. The molecule has 0 aliphatic carbocycles. The van der Waals surface area contributed by atoms with E-state index in [9.17, 15) is 22.8 Å². The molecule has 0 spiro atoms. The number of nitrogens with zero attached hydrogens (tertiary/aromatic N) is 3. The molecule has 1 atom stereocenters. The molecule has 6 nitrogen and oxygen atoms in total. The predicted octanol–water partition coefficient (Wildman–Crippen LogP) is 5.50. The molecule has 36 heavy (non-hydrogen) atoms. The van der Waals surface area contributed by atoms with Crippen LogP contribution in [0.25, 0.3) is 17.0 Å². The maximum absolute atomic E-state index is 13.5. The number of hydrogen-bond acceptors (Lipinski definition) is 6. The van der Waals surface area contributed by atoms with Gasteiger partial charge in [0.1, 0.15) is 0 Å². The van der Waals surface area contributed by atoms with E-state index >= 15 is 0 Å². The van der Waals surface area contributed by atoms with Gasteiger partial charge in [-0.3, -0.25) is 19.2 Å². The van der Waals surface area contributed by atoms with Crippen LogP contribution in [0.1, 0.15) is 16.7 Å². The largest absolute Gasteiger partial charge is 0.416 e. The number of rotatable bonds is 5. The third-order valence-electron chi connectivity index (χ3n) is 5.94. The number of nitrogens with one attached hydrogen (secondary N) is 1. The fraction of sp³-hybridized carbons (Fsp3) is 0.292. The van der Waals surface area contributed by atoms with Gasteiger partial charge in [-0.15, -0.1) is 0 Å². The summed E-state index contributed by atoms with van der Waals surface area (Å²) in [5.74, 6) is 1.54. The lowest BCUT2D eigenvalue weighted by atomic mass is 10.1. The minimum atomic E-state index is -4.54. The minimum Gasteiger partial charge on any atom is -0.311 e. The van der Waals surface area contributed by atoms with Gasteiger partial charge >= 0.3 is 6.18 Å². The van der Waals surface area contributed by atoms with Gasteiger partial charge in [-0.05, 0) is 53.2 Å². The first-order chi connectivity index (χ1) is 17.2. The summed E-state index contributed by atoms with van der Waals surface area (Å²) in [5, 5.41) is 8.02. The minimum absolute atomic E-state index is 0.0133. The standard InChI is InChI=1S/C24H20ClF3N4O2S2/c25-17-3-2-15(19(9-17)24(26,27)28)11-32-20-4-1-14(7-16(20)10-30-32)8-21-22(33)31(23(34)36-21)12-18-13-35-6-5-29-18/h1-4,7-10,18,29H,5-6,11-13H2/t18-/m1/s1. The number of halogens is 4. The maximum atomic E-state index is 13.5. The third kappa shape index (κ3) is 5.29. The van der Waals surface area contributed by atoms with E-state index in [1.54, 1.807) is 42.2 Å². The summed E-state index contributed by atoms with van der Waals surface area (Å²) in [6.45, 7) is 1.11. The number of aromatic nitrogens is 2. The Hall–Kier alpha value is -2.47. The van der Waals surface area contributed by atoms with Crippen molar-refractivity contribution in [3.63, 3.8) is 0 Å². The molecule has 2 amide bonds. The van der Waals surface area contributed by atoms with Crippen LogP contribution in [0.4, 0.5) is 18.0 Å². The van der Waals surface area contributed by atoms with Crippen LogP contribution in [-0.2, 0) is 17.5 Å². The van der Waals surface area contributed by atoms with E-state index in [1.165, 1.54) is 21.7 Å². The number of thioether (sulfide) groups is 2. The van der Waals surface area contributed by atoms with Gasteiger partial charge in [-0.25, -0.2) is 0 Å². The van der Waals surface area contributed by atoms with Crippen LogP contribution in [0.5, 0.6) is 0 Å². The zero-order valence-corrected chi connectivity index (χ0v) is 21.1. The summed E-state index contributed by atoms with van der Waals surface area (Å²) < 4.78 is 41.9. The summed E-state index contributed by atoms with van der Waals surface area (Å²) in [6, 6.07) is 9.05. The lowest BCUT2D eigenvalue weighted by molar-refractivity contribution is -0.138. The van der Waals surface area contributed by atoms with Crippen LogP contribution in [0.2, 0.25) is 5.02 Å². The second-order valence-electron chi connectivity index (χ2n) is 8.44. The maximum Gasteiger partial charge on any atom is 0.416 e. The van der Waals surface area contributed by atoms with Gasteiger partial charge in [0.05, 0.1) is 28.7 Å². The zero-order valence-electron chi connectivity index (χ0n) is 18.7. The molecule has 2 aliphatic rings. The van der Waals surface area contributed by atoms with Crippen molar-refractivity contribution >= 4 is 63.3 Å². The first kappa shape index (κ1) is 25.2. The molecule has 2 saturated heterocycles. The molecule has 1 N–H and O–H groups in total. The van der Waals surface area contributed by atoms with E-state index in [-0.39, 0.29) is 34.3 Å². The number of alkyl halides is 3. The van der Waals surface area contributed by atoms with Crippen molar-refractivity contribution in [3.05, 3.63) is 69.2 Å². The Kier molecular flexibility index (Phi) is 7.08. The summed E-state index contributed by atoms with van der Waals surface area (Å²) >= 11 is 8.49. The van der Waals surface area contributed by atoms with Crippen LogP contribution in [-0.4, -0.2) is 56.5 Å². The molecule has 0 unspecified atom stereocenters. The number of carbonyl (C=O) groups is 2. The van der Waals surface area contributed by atoms with E-state index in [0.29, 0.717) is 27.9 Å². The van der Waals surface area contributed by atoms with Crippen LogP contribution >= 0.6 is 35.1 Å². The van der Waals surface area contributed by atoms with E-state index < -0.39 is 11.7 Å². The molecule has 188 valence electrons. The Morgan fingerprint density at radius 3 is 2.78 bits per heavy atom. The van der Waals surface area contributed by atoms with Gasteiger partial charge in [0.15, 0.2) is 0 Å². The first-order valence-electron chi connectivity index (χ1n) is 11.1. The Labute approximate surface area is 218 Å². The number of carbonyl (C=O) groups excluding carboxylic acids is 2. The van der Waals surface area contributed by atoms with Crippen molar-refractivity contribution in [1.82, 2.24) is 20.0 Å². The molecule has 5 rings (SSSR count). The number of imide groups is 1. The quantitative estimate of drug-likeness (QED) is 0.422. The number of hydrogen-bond donors (Lipinski definition) is 1. The first-order valence-corrected chi connectivity index (χ1v) is 13.4. The fourth-order valence-electron chi connectivity index (χ4n) is 4.20. The number of fused-ring (bicyclic) bond motifs is 1. The van der Waals surface area contributed by atoms with Crippen molar-refractivity contribution in [1.29, 1.82) is 0 Å². The summed E-state index contributed by atoms with van der Waals surface area (Å²) in [6.07, 6.45) is -1.31. The lowest BCUT2D eigenvalue weighted by Gasteiger charge is -2.26. The van der Waals surface area contributed by atoms with Crippen LogP contribution in [0, 0.1) is 0 Å². The predicted molar refractivity (Wildman–Crippen MR) is 137 cm³/mol. The molecule has 2 aliphatic heterocycles. The fourth-order valence-corrected chi connectivity index (χ4v) is 6.16. The van der Waals surface area contributed by atoms with Crippen LogP contribution < -0.4 is 5.32 Å². The number of amides is 2. The van der Waals surface area contributed by atoms with Gasteiger partial charge in [0, 0.05) is 41.0 Å². The number of benzene rings is 2. The molecule has 2 aromatic carbocycles. The molecule has 0 saturated carbocycles. The Morgan fingerprint density at radius 1 is 1.19 bits per heavy atom. The summed E-state index contributed by atoms with van der Waals surface area (Å²) in [4.78, 5) is 26.9. The Balaban J connectivity index is 1.36. The molecule has 3 heterocycles. The highest BCUT2D eigenvalue weighted by molar-refractivity contribution is 8.18. The Morgan fingerprint density at radius 2 is 2.03 bits per heavy atom. The van der Waals surface area contributed by atoms with E-state index in [2.05, 4.69) is 10.4 Å². The highest BCUT2D eigenvalue weighted by atomic mass is 35.5. The monoisotopic (exact) mass is 552 g/mol. The SMILES string of the molecule is O=C1SC(=Cc2ccc3c(cnn3Cc3ccc(Cl)cc3C(F)(F)F)c2)C(=O)N1C[C@@H]1CSCCN1. The summed E-state index contributed by atoms with van der Waals surface area (Å²) in [5.41, 5.74) is 0.596. The average molecular weight is 553 g/mol. The van der Waals surface area contributed by atoms with Gasteiger partial charge in [-0.1, -0.05) is 23.7 Å². The smallest absolute Gasteiger partial charge is 0.311 e. The highest BCUT2D eigenvalue weighted by Crippen LogP contribution is 2.35. The summed E-state index contributed by atoms with van der Waals surface area (Å²) in [7, 11) is 0. The van der Waals surface area contributed by atoms with E-state index in [1.807, 2.05) is 0 Å². The molecule has 0 radical (unpaired) electrons. The second-order valence-corrected chi connectivity index (χ2v) is 11.0. The van der Waals surface area contributed by atoms with Gasteiger partial charge < -0.3 is 5.32 Å². The van der Waals surface area contributed by atoms with Crippen molar-refractivity contribution in [3.8, 4) is 0 Å². The van der Waals surface area contributed by atoms with E-state index in [0.717, 1.165) is 35.9 Å². The molecular formula is C24H20ClF3N4O2S2. The van der Waals surface area contributed by atoms with Gasteiger partial charge in [0.2, 0.25) is 0 Å². The molecule has 2 fully saturated rings. The highest BCUT2D eigenvalue weighted by Gasteiger charge is 2.37. The Bertz CT molecular complexity index is 1370. The van der Waals surface area contributed by atoms with Crippen molar-refractivity contribution in [2.24, 2.45) is 0 Å². The molecule has 3 aromatic rings. The van der Waals surface area contributed by atoms with Crippen LogP contribution in [0.3, 0.4) is 0 Å². The zero-order chi connectivity index (χ0) is 25.4.